The molecule has 0 aliphatic heterocycles. The Hall–Kier alpha value is -2.39. The third kappa shape index (κ3) is 7.84. The number of hydrogen-bond acceptors (Lipinski definition) is 4. The van der Waals surface area contributed by atoms with Crippen LogP contribution in [0.4, 0.5) is 5.69 Å². The van der Waals surface area contributed by atoms with Crippen molar-refractivity contribution in [1.82, 2.24) is 10.2 Å². The first-order valence-corrected chi connectivity index (χ1v) is 14.0. The molecular formula is C25H34BrN3O4S. The number of carbonyl (C=O) groups is 2. The molecule has 0 unspecified atom stereocenters. The summed E-state index contributed by atoms with van der Waals surface area (Å²) in [6.45, 7) is 7.50. The smallest absolute Gasteiger partial charge is 0.244 e. The fourth-order valence-electron chi connectivity index (χ4n) is 3.50. The number of nitrogens with zero attached hydrogens (tertiary/aromatic N) is 2. The monoisotopic (exact) mass is 551 g/mol. The maximum atomic E-state index is 13.6. The standard InChI is InChI=1S/C25H34BrN3O4S/c1-6-19(4)27-25(31)23(7-2)28(16-20-13-11-18(3)12-14-20)24(30)17-29(34(5,32)33)22-10-8-9-21(26)15-22/h8-15,19,23H,6-7,16-17H2,1-5H3,(H,27,31)/t19-,23+/m1/s1. The molecule has 0 aliphatic rings. The lowest BCUT2D eigenvalue weighted by Gasteiger charge is -2.33. The molecule has 2 atom stereocenters. The van der Waals surface area contributed by atoms with E-state index in [1.165, 1.54) is 4.90 Å². The van der Waals surface area contributed by atoms with Gasteiger partial charge in [-0.15, -0.1) is 0 Å². The molecule has 1 N–H and O–H groups in total. The number of amides is 2. The van der Waals surface area contributed by atoms with E-state index in [1.807, 2.05) is 52.0 Å². The van der Waals surface area contributed by atoms with Gasteiger partial charge in [-0.1, -0.05) is 65.7 Å². The predicted octanol–water partition coefficient (Wildman–Crippen LogP) is 4.25. The molecule has 0 bridgehead atoms. The minimum atomic E-state index is -3.75. The molecule has 0 radical (unpaired) electrons. The third-order valence-electron chi connectivity index (χ3n) is 5.64. The molecule has 0 aromatic heterocycles. The van der Waals surface area contributed by atoms with E-state index in [2.05, 4.69) is 21.2 Å². The number of benzene rings is 2. The zero-order chi connectivity index (χ0) is 25.5. The fourth-order valence-corrected chi connectivity index (χ4v) is 4.72. The minimum absolute atomic E-state index is 0.0351. The molecule has 0 heterocycles. The first-order valence-electron chi connectivity index (χ1n) is 11.3. The van der Waals surface area contributed by atoms with E-state index in [0.29, 0.717) is 16.6 Å². The van der Waals surface area contributed by atoms with Crippen LogP contribution in [0.5, 0.6) is 0 Å². The topological polar surface area (TPSA) is 86.8 Å². The highest BCUT2D eigenvalue weighted by Gasteiger charge is 2.32. The number of nitrogens with one attached hydrogen (secondary N) is 1. The molecule has 2 rings (SSSR count). The molecule has 0 aliphatic carbocycles. The lowest BCUT2D eigenvalue weighted by atomic mass is 10.1. The van der Waals surface area contributed by atoms with Crippen LogP contribution < -0.4 is 9.62 Å². The van der Waals surface area contributed by atoms with Gasteiger partial charge in [0, 0.05) is 17.1 Å². The second-order valence-corrected chi connectivity index (χ2v) is 11.3. The van der Waals surface area contributed by atoms with E-state index in [1.54, 1.807) is 24.3 Å². The van der Waals surface area contributed by atoms with E-state index in [9.17, 15) is 18.0 Å². The molecule has 2 amide bonds. The Labute approximate surface area is 211 Å². The molecule has 7 nitrogen and oxygen atoms in total. The maximum Gasteiger partial charge on any atom is 0.244 e. The summed E-state index contributed by atoms with van der Waals surface area (Å²) < 4.78 is 27.0. The van der Waals surface area contributed by atoms with Gasteiger partial charge in [0.1, 0.15) is 12.6 Å². The Bertz CT molecular complexity index is 1090. The van der Waals surface area contributed by atoms with Crippen molar-refractivity contribution in [2.75, 3.05) is 17.1 Å². The fraction of sp³-hybridized carbons (Fsp3) is 0.440. The molecule has 2 aromatic carbocycles. The molecule has 34 heavy (non-hydrogen) atoms. The van der Waals surface area contributed by atoms with Gasteiger partial charge < -0.3 is 10.2 Å². The molecule has 0 fully saturated rings. The van der Waals surface area contributed by atoms with E-state index in [0.717, 1.165) is 28.1 Å². The summed E-state index contributed by atoms with van der Waals surface area (Å²) >= 11 is 3.36. The van der Waals surface area contributed by atoms with Crippen molar-refractivity contribution in [2.45, 2.75) is 59.2 Å². The Morgan fingerprint density at radius 3 is 2.24 bits per heavy atom. The van der Waals surface area contributed by atoms with Crippen LogP contribution in [-0.2, 0) is 26.2 Å². The summed E-state index contributed by atoms with van der Waals surface area (Å²) in [6, 6.07) is 13.7. The van der Waals surface area contributed by atoms with Crippen molar-refractivity contribution >= 4 is 43.5 Å². The van der Waals surface area contributed by atoms with Crippen LogP contribution in [0.15, 0.2) is 53.0 Å². The average Bonchev–Trinajstić information content (AvgIpc) is 2.77. The molecule has 9 heteroatoms. The summed E-state index contributed by atoms with van der Waals surface area (Å²) in [6.07, 6.45) is 2.23. The van der Waals surface area contributed by atoms with Crippen LogP contribution in [0.25, 0.3) is 0 Å². The molecule has 2 aromatic rings. The van der Waals surface area contributed by atoms with Gasteiger partial charge in [-0.25, -0.2) is 8.42 Å². The molecular weight excluding hydrogens is 518 g/mol. The molecule has 186 valence electrons. The number of aryl methyl sites for hydroxylation is 1. The van der Waals surface area contributed by atoms with Crippen molar-refractivity contribution in [3.05, 3.63) is 64.1 Å². The Morgan fingerprint density at radius 1 is 1.06 bits per heavy atom. The van der Waals surface area contributed by atoms with E-state index in [4.69, 9.17) is 0 Å². The summed E-state index contributed by atoms with van der Waals surface area (Å²) in [7, 11) is -3.75. The van der Waals surface area contributed by atoms with Crippen molar-refractivity contribution in [3.8, 4) is 0 Å². The van der Waals surface area contributed by atoms with Crippen molar-refractivity contribution in [2.24, 2.45) is 0 Å². The maximum absolute atomic E-state index is 13.6. The molecule has 0 spiro atoms. The van der Waals surface area contributed by atoms with Crippen LogP contribution in [0.2, 0.25) is 0 Å². The third-order valence-corrected chi connectivity index (χ3v) is 7.27. The highest BCUT2D eigenvalue weighted by molar-refractivity contribution is 9.10. The van der Waals surface area contributed by atoms with E-state index >= 15 is 0 Å². The zero-order valence-electron chi connectivity index (χ0n) is 20.4. The SMILES string of the molecule is CC[C@@H](C)NC(=O)[C@H](CC)N(Cc1ccc(C)cc1)C(=O)CN(c1cccc(Br)c1)S(C)(=O)=O. The van der Waals surface area contributed by atoms with Gasteiger partial charge in [-0.3, -0.25) is 13.9 Å². The van der Waals surface area contributed by atoms with Gasteiger partial charge >= 0.3 is 0 Å². The van der Waals surface area contributed by atoms with Crippen LogP contribution >= 0.6 is 15.9 Å². The number of rotatable bonds is 11. The van der Waals surface area contributed by atoms with Gasteiger partial charge in [-0.05, 0) is 50.5 Å². The number of hydrogen-bond donors (Lipinski definition) is 1. The van der Waals surface area contributed by atoms with Gasteiger partial charge in [0.2, 0.25) is 21.8 Å². The van der Waals surface area contributed by atoms with Gasteiger partial charge in [-0.2, -0.15) is 0 Å². The van der Waals surface area contributed by atoms with Gasteiger partial charge in [0.25, 0.3) is 0 Å². The van der Waals surface area contributed by atoms with Crippen LogP contribution in [0.1, 0.15) is 44.7 Å². The first-order chi connectivity index (χ1) is 16.0. The Balaban J connectivity index is 2.43. The summed E-state index contributed by atoms with van der Waals surface area (Å²) in [4.78, 5) is 28.2. The second kappa shape index (κ2) is 12.4. The summed E-state index contributed by atoms with van der Waals surface area (Å²) in [5.41, 5.74) is 2.32. The van der Waals surface area contributed by atoms with Crippen LogP contribution in [-0.4, -0.2) is 50.0 Å². The average molecular weight is 553 g/mol. The summed E-state index contributed by atoms with van der Waals surface area (Å²) in [5.74, 6) is -0.692. The van der Waals surface area contributed by atoms with E-state index < -0.39 is 28.5 Å². The number of carbonyl (C=O) groups excluding carboxylic acids is 2. The Morgan fingerprint density at radius 2 is 1.71 bits per heavy atom. The lowest BCUT2D eigenvalue weighted by molar-refractivity contribution is -0.140. The molecule has 0 saturated carbocycles. The summed E-state index contributed by atoms with van der Waals surface area (Å²) in [5, 5.41) is 2.96. The number of halogens is 1. The zero-order valence-corrected chi connectivity index (χ0v) is 22.8. The lowest BCUT2D eigenvalue weighted by Crippen LogP contribution is -2.53. The first kappa shape index (κ1) is 27.9. The second-order valence-electron chi connectivity index (χ2n) is 8.50. The highest BCUT2D eigenvalue weighted by atomic mass is 79.9. The van der Waals surface area contributed by atoms with Crippen molar-refractivity contribution in [1.29, 1.82) is 0 Å². The highest BCUT2D eigenvalue weighted by Crippen LogP contribution is 2.23. The predicted molar refractivity (Wildman–Crippen MR) is 140 cm³/mol. The Kier molecular flexibility index (Phi) is 10.1. The quantitative estimate of drug-likeness (QED) is 0.452. The van der Waals surface area contributed by atoms with Crippen molar-refractivity contribution in [3.63, 3.8) is 0 Å². The molecule has 0 saturated heterocycles. The van der Waals surface area contributed by atoms with Crippen LogP contribution in [0, 0.1) is 6.92 Å². The number of anilines is 1. The van der Waals surface area contributed by atoms with Gasteiger partial charge in [0.15, 0.2) is 0 Å². The van der Waals surface area contributed by atoms with Gasteiger partial charge in [0.05, 0.1) is 11.9 Å². The normalized spacial score (nSPS) is 13.1. The largest absolute Gasteiger partial charge is 0.352 e. The number of sulfonamides is 1. The van der Waals surface area contributed by atoms with Crippen molar-refractivity contribution < 1.29 is 18.0 Å². The minimum Gasteiger partial charge on any atom is -0.352 e. The van der Waals surface area contributed by atoms with Crippen LogP contribution in [0.3, 0.4) is 0 Å². The van der Waals surface area contributed by atoms with E-state index in [-0.39, 0.29) is 18.5 Å².